The van der Waals surface area contributed by atoms with Crippen LogP contribution in [0.4, 0.5) is 0 Å². The zero-order chi connectivity index (χ0) is 11.1. The molecule has 1 fully saturated rings. The molecule has 0 aromatic rings. The minimum Gasteiger partial charge on any atom is -0.481 e. The first-order valence-corrected chi connectivity index (χ1v) is 5.26. The molecule has 0 spiro atoms. The number of carboxylic acids is 1. The Hall–Kier alpha value is -0.280. The highest BCUT2D eigenvalue weighted by Gasteiger charge is 2.65. The summed E-state index contributed by atoms with van der Waals surface area (Å²) in [6.07, 6.45) is 0. The summed E-state index contributed by atoms with van der Waals surface area (Å²) in [6.45, 7) is 3.60. The fraction of sp³-hybridized carbons (Fsp3) is 0.778. The summed E-state index contributed by atoms with van der Waals surface area (Å²) in [5.41, 5.74) is -0.403. The molecule has 1 rings (SSSR count). The third-order valence-corrected chi connectivity index (χ3v) is 3.71. The summed E-state index contributed by atoms with van der Waals surface area (Å²) in [5.74, 6) is -2.18. The second kappa shape index (κ2) is 3.70. The lowest BCUT2D eigenvalue weighted by atomic mass is 10.1. The Bertz CT molecular complexity index is 275. The van der Waals surface area contributed by atoms with Crippen LogP contribution < -0.4 is 0 Å². The average molecular weight is 239 g/mol. The largest absolute Gasteiger partial charge is 0.481 e. The van der Waals surface area contributed by atoms with Crippen LogP contribution in [-0.2, 0) is 9.59 Å². The topological polar surface area (TPSA) is 54.4 Å². The van der Waals surface area contributed by atoms with Crippen LogP contribution in [0.25, 0.3) is 0 Å². The van der Waals surface area contributed by atoms with Crippen LogP contribution in [0.1, 0.15) is 13.8 Å². The zero-order valence-corrected chi connectivity index (χ0v) is 9.47. The monoisotopic (exact) mass is 238 g/mol. The second-order valence-corrected chi connectivity index (χ2v) is 4.90. The van der Waals surface area contributed by atoms with Gasteiger partial charge in [0.2, 0.25) is 0 Å². The van der Waals surface area contributed by atoms with Crippen LogP contribution in [0.2, 0.25) is 0 Å². The molecule has 0 saturated heterocycles. The molecule has 1 aliphatic carbocycles. The van der Waals surface area contributed by atoms with Gasteiger partial charge in [0.15, 0.2) is 5.78 Å². The van der Waals surface area contributed by atoms with E-state index in [2.05, 4.69) is 0 Å². The highest BCUT2D eigenvalue weighted by Crippen LogP contribution is 2.61. The average Bonchev–Trinajstić information content (AvgIpc) is 2.66. The summed E-state index contributed by atoms with van der Waals surface area (Å²) in [7, 11) is 0. The molecule has 1 saturated carbocycles. The maximum Gasteiger partial charge on any atom is 0.307 e. The fourth-order valence-electron chi connectivity index (χ4n) is 1.97. The van der Waals surface area contributed by atoms with Crippen molar-refractivity contribution in [2.24, 2.45) is 17.3 Å². The molecule has 0 bridgehead atoms. The van der Waals surface area contributed by atoms with Gasteiger partial charge in [0.1, 0.15) is 0 Å². The number of ketones is 1. The number of carboxylic acid groups (broad SMARTS) is 1. The smallest absolute Gasteiger partial charge is 0.307 e. The molecule has 1 unspecified atom stereocenters. The number of carbonyl (C=O) groups excluding carboxylic acids is 1. The molecule has 0 aliphatic heterocycles. The molecule has 1 aliphatic rings. The predicted octanol–water partition coefficient (Wildman–Crippen LogP) is 1.76. The number of hydrogen-bond donors (Lipinski definition) is 1. The van der Waals surface area contributed by atoms with Crippen molar-refractivity contribution in [3.8, 4) is 0 Å². The SMILES string of the molecule is CC1(C)[C@H](C(=O)O)[C@@H]1C(Cl)C(=O)CCl. The number of halogens is 2. The van der Waals surface area contributed by atoms with Crippen LogP contribution in [0, 0.1) is 17.3 Å². The molecular weight excluding hydrogens is 227 g/mol. The van der Waals surface area contributed by atoms with Gasteiger partial charge in [-0.2, -0.15) is 0 Å². The minimum absolute atomic E-state index is 0.160. The Morgan fingerprint density at radius 3 is 2.29 bits per heavy atom. The third kappa shape index (κ3) is 1.75. The summed E-state index contributed by atoms with van der Waals surface area (Å²) < 4.78 is 0. The molecule has 1 N–H and O–H groups in total. The van der Waals surface area contributed by atoms with E-state index in [-0.39, 0.29) is 17.6 Å². The first-order valence-electron chi connectivity index (χ1n) is 4.29. The van der Waals surface area contributed by atoms with Crippen molar-refractivity contribution < 1.29 is 14.7 Å². The number of rotatable bonds is 4. The van der Waals surface area contributed by atoms with E-state index in [0.29, 0.717) is 0 Å². The predicted molar refractivity (Wildman–Crippen MR) is 53.8 cm³/mol. The van der Waals surface area contributed by atoms with Gasteiger partial charge in [-0.3, -0.25) is 9.59 Å². The van der Waals surface area contributed by atoms with E-state index in [0.717, 1.165) is 0 Å². The standard InChI is InChI=1S/C9H12Cl2O3/c1-9(2)5(6(9)8(13)14)7(11)4(12)3-10/h5-7H,3H2,1-2H3,(H,13,14)/t5-,6+,7?/m1/s1. The highest BCUT2D eigenvalue weighted by molar-refractivity contribution is 6.38. The molecule has 0 heterocycles. The lowest BCUT2D eigenvalue weighted by Gasteiger charge is -2.06. The van der Waals surface area contributed by atoms with Gasteiger partial charge in [-0.1, -0.05) is 13.8 Å². The number of hydrogen-bond acceptors (Lipinski definition) is 2. The van der Waals surface area contributed by atoms with E-state index in [4.69, 9.17) is 28.3 Å². The molecule has 0 amide bonds. The van der Waals surface area contributed by atoms with E-state index in [1.54, 1.807) is 13.8 Å². The second-order valence-electron chi connectivity index (χ2n) is 4.16. The summed E-state index contributed by atoms with van der Waals surface area (Å²) in [5, 5.41) is 8.09. The number of carbonyl (C=O) groups is 2. The van der Waals surface area contributed by atoms with Crippen molar-refractivity contribution >= 4 is 35.0 Å². The molecule has 80 valence electrons. The van der Waals surface area contributed by atoms with Crippen LogP contribution >= 0.6 is 23.2 Å². The Labute approximate surface area is 92.4 Å². The molecule has 3 atom stereocenters. The Morgan fingerprint density at radius 1 is 1.50 bits per heavy atom. The van der Waals surface area contributed by atoms with Gasteiger partial charge in [0.25, 0.3) is 0 Å². The summed E-state index contributed by atoms with van der Waals surface area (Å²) in [4.78, 5) is 22.0. The van der Waals surface area contributed by atoms with Gasteiger partial charge < -0.3 is 5.11 Å². The first kappa shape index (κ1) is 11.8. The fourth-order valence-corrected chi connectivity index (χ4v) is 2.76. The molecular formula is C9H12Cl2O3. The van der Waals surface area contributed by atoms with E-state index < -0.39 is 22.7 Å². The van der Waals surface area contributed by atoms with Crippen molar-refractivity contribution in [1.29, 1.82) is 0 Å². The van der Waals surface area contributed by atoms with Gasteiger partial charge in [-0.25, -0.2) is 0 Å². The van der Waals surface area contributed by atoms with Crippen LogP contribution in [0.3, 0.4) is 0 Å². The van der Waals surface area contributed by atoms with Crippen LogP contribution in [0.15, 0.2) is 0 Å². The van der Waals surface area contributed by atoms with Gasteiger partial charge in [0.05, 0.1) is 17.2 Å². The third-order valence-electron chi connectivity index (χ3n) is 2.93. The minimum atomic E-state index is -0.895. The summed E-state index contributed by atoms with van der Waals surface area (Å²) >= 11 is 11.2. The van der Waals surface area contributed by atoms with Crippen molar-refractivity contribution in [1.82, 2.24) is 0 Å². The Kier molecular flexibility index (Phi) is 3.12. The molecule has 0 aromatic heterocycles. The van der Waals surface area contributed by atoms with Gasteiger partial charge in [0, 0.05) is 5.92 Å². The zero-order valence-electron chi connectivity index (χ0n) is 7.96. The molecule has 5 heteroatoms. The van der Waals surface area contributed by atoms with Crippen molar-refractivity contribution in [3.63, 3.8) is 0 Å². The lowest BCUT2D eigenvalue weighted by molar-refractivity contribution is -0.139. The maximum atomic E-state index is 11.2. The molecule has 14 heavy (non-hydrogen) atoms. The first-order chi connectivity index (χ1) is 6.34. The van der Waals surface area contributed by atoms with E-state index in [1.165, 1.54) is 0 Å². The van der Waals surface area contributed by atoms with Crippen LogP contribution in [0.5, 0.6) is 0 Å². The highest BCUT2D eigenvalue weighted by atomic mass is 35.5. The van der Waals surface area contributed by atoms with Crippen molar-refractivity contribution in [2.45, 2.75) is 19.2 Å². The van der Waals surface area contributed by atoms with Gasteiger partial charge in [-0.15, -0.1) is 23.2 Å². The van der Waals surface area contributed by atoms with E-state index in [1.807, 2.05) is 0 Å². The normalized spacial score (nSPS) is 30.9. The maximum absolute atomic E-state index is 11.2. The van der Waals surface area contributed by atoms with Crippen molar-refractivity contribution in [2.75, 3.05) is 5.88 Å². The van der Waals surface area contributed by atoms with Crippen molar-refractivity contribution in [3.05, 3.63) is 0 Å². The Balaban J connectivity index is 2.73. The van der Waals surface area contributed by atoms with E-state index >= 15 is 0 Å². The number of aliphatic carboxylic acids is 1. The Morgan fingerprint density at radius 2 is 2.00 bits per heavy atom. The molecule has 0 aromatic carbocycles. The number of alkyl halides is 2. The summed E-state index contributed by atoms with van der Waals surface area (Å²) in [6, 6.07) is 0. The quantitative estimate of drug-likeness (QED) is 0.760. The van der Waals surface area contributed by atoms with Gasteiger partial charge in [-0.05, 0) is 5.41 Å². The van der Waals surface area contributed by atoms with E-state index in [9.17, 15) is 9.59 Å². The molecule has 3 nitrogen and oxygen atoms in total. The van der Waals surface area contributed by atoms with Crippen LogP contribution in [-0.4, -0.2) is 28.1 Å². The molecule has 0 radical (unpaired) electrons. The van der Waals surface area contributed by atoms with Gasteiger partial charge >= 0.3 is 5.97 Å². The number of Topliss-reactive ketones (excluding diaryl/α,β-unsaturated/α-hetero) is 1. The lowest BCUT2D eigenvalue weighted by Crippen LogP contribution is -2.21.